The summed E-state index contributed by atoms with van der Waals surface area (Å²) in [5, 5.41) is 5.17. The average molecular weight is 529 g/mol. The highest BCUT2D eigenvalue weighted by Gasteiger charge is 2.23. The summed E-state index contributed by atoms with van der Waals surface area (Å²) in [4.78, 5) is 48.7. The van der Waals surface area contributed by atoms with Crippen molar-refractivity contribution < 1.29 is 33.4 Å². The first-order valence-electron chi connectivity index (χ1n) is 12.3. The molecule has 0 unspecified atom stereocenters. The second kappa shape index (κ2) is 15.7. The minimum Gasteiger partial charge on any atom is -0.445 e. The van der Waals surface area contributed by atoms with Gasteiger partial charge in [-0.15, -0.1) is 0 Å². The van der Waals surface area contributed by atoms with Gasteiger partial charge in [-0.25, -0.2) is 19.8 Å². The number of carbonyl (C=O) groups is 4. The molecule has 0 fully saturated rings. The largest absolute Gasteiger partial charge is 0.445 e. The molecule has 2 aromatic carbocycles. The molecule has 11 nitrogen and oxygen atoms in total. The van der Waals surface area contributed by atoms with Crippen LogP contribution in [0.2, 0.25) is 0 Å². The molecule has 0 radical (unpaired) electrons. The number of hydrogen-bond acceptors (Lipinski definition) is 7. The number of benzene rings is 2. The van der Waals surface area contributed by atoms with Crippen molar-refractivity contribution in [2.45, 2.75) is 64.9 Å². The van der Waals surface area contributed by atoms with E-state index >= 15 is 0 Å². The highest BCUT2D eigenvalue weighted by atomic mass is 16.6. The van der Waals surface area contributed by atoms with Crippen LogP contribution in [0.3, 0.4) is 0 Å². The number of carbonyl (C=O) groups excluding carboxylic acids is 4. The summed E-state index contributed by atoms with van der Waals surface area (Å²) >= 11 is 0. The van der Waals surface area contributed by atoms with E-state index < -0.39 is 35.8 Å². The molecule has 0 aliphatic heterocycles. The summed E-state index contributed by atoms with van der Waals surface area (Å²) < 4.78 is 15.5. The van der Waals surface area contributed by atoms with Crippen LogP contribution in [-0.2, 0) is 32.2 Å². The second-order valence-electron chi connectivity index (χ2n) is 9.36. The van der Waals surface area contributed by atoms with Gasteiger partial charge in [0, 0.05) is 6.54 Å². The number of hydrogen-bond donors (Lipinski definition) is 4. The maximum absolute atomic E-state index is 12.7. The van der Waals surface area contributed by atoms with Crippen LogP contribution in [0, 0.1) is 0 Å². The fourth-order valence-corrected chi connectivity index (χ4v) is 3.12. The molecule has 0 saturated carbocycles. The van der Waals surface area contributed by atoms with Gasteiger partial charge in [0.2, 0.25) is 0 Å². The number of unbranched alkanes of at least 4 members (excludes halogenated alkanes) is 1. The summed E-state index contributed by atoms with van der Waals surface area (Å²) in [6.45, 7) is 5.57. The molecule has 1 atom stereocenters. The molecule has 38 heavy (non-hydrogen) atoms. The zero-order valence-corrected chi connectivity index (χ0v) is 22.0. The lowest BCUT2D eigenvalue weighted by Crippen LogP contribution is -2.53. The van der Waals surface area contributed by atoms with Gasteiger partial charge < -0.3 is 24.8 Å². The van der Waals surface area contributed by atoms with Crippen LogP contribution < -0.4 is 21.5 Å². The molecule has 206 valence electrons. The lowest BCUT2D eigenvalue weighted by atomic mass is 10.1. The van der Waals surface area contributed by atoms with Crippen molar-refractivity contribution in [1.29, 1.82) is 0 Å². The van der Waals surface area contributed by atoms with Gasteiger partial charge in [0.25, 0.3) is 5.91 Å². The number of rotatable bonds is 11. The van der Waals surface area contributed by atoms with Crippen LogP contribution in [0.1, 0.15) is 51.2 Å². The molecular weight excluding hydrogens is 492 g/mol. The maximum Gasteiger partial charge on any atom is 0.426 e. The first kappa shape index (κ1) is 29.9. The van der Waals surface area contributed by atoms with Gasteiger partial charge in [-0.1, -0.05) is 60.7 Å². The number of ether oxygens (including phenoxy) is 3. The Kier molecular flexibility index (Phi) is 12.4. The third-order valence-corrected chi connectivity index (χ3v) is 4.91. The van der Waals surface area contributed by atoms with Crippen LogP contribution in [0.15, 0.2) is 60.7 Å². The number of amides is 4. The Labute approximate surface area is 222 Å². The van der Waals surface area contributed by atoms with E-state index in [9.17, 15) is 19.2 Å². The monoisotopic (exact) mass is 528 g/mol. The first-order valence-corrected chi connectivity index (χ1v) is 12.3. The van der Waals surface area contributed by atoms with Crippen molar-refractivity contribution in [3.63, 3.8) is 0 Å². The Morgan fingerprint density at radius 1 is 0.737 bits per heavy atom. The quantitative estimate of drug-likeness (QED) is 0.196. The van der Waals surface area contributed by atoms with Crippen molar-refractivity contribution >= 4 is 24.2 Å². The van der Waals surface area contributed by atoms with Gasteiger partial charge in [-0.3, -0.25) is 10.2 Å². The van der Waals surface area contributed by atoms with Crippen molar-refractivity contribution in [2.75, 3.05) is 6.54 Å². The van der Waals surface area contributed by atoms with Gasteiger partial charge >= 0.3 is 18.3 Å². The third-order valence-electron chi connectivity index (χ3n) is 4.91. The number of alkyl carbamates (subject to hydrolysis) is 2. The molecule has 0 aromatic heterocycles. The van der Waals surface area contributed by atoms with Crippen LogP contribution in [0.4, 0.5) is 14.4 Å². The minimum absolute atomic E-state index is 0.0339. The van der Waals surface area contributed by atoms with E-state index in [4.69, 9.17) is 14.2 Å². The van der Waals surface area contributed by atoms with Crippen LogP contribution in [0.5, 0.6) is 0 Å². The molecule has 4 amide bonds. The van der Waals surface area contributed by atoms with Crippen molar-refractivity contribution in [2.24, 2.45) is 0 Å². The molecular formula is C27H36N4O7. The number of hydrazine groups is 1. The SMILES string of the molecule is CC(C)(C)OC(=O)NNC(=O)[C@H](CCCCNC(=O)OCc1ccccc1)NC(=O)OCc1ccccc1. The Morgan fingerprint density at radius 2 is 1.29 bits per heavy atom. The second-order valence-corrected chi connectivity index (χ2v) is 9.36. The normalized spacial score (nSPS) is 11.4. The van der Waals surface area contributed by atoms with E-state index in [1.54, 1.807) is 32.9 Å². The van der Waals surface area contributed by atoms with E-state index in [2.05, 4.69) is 21.5 Å². The van der Waals surface area contributed by atoms with Gasteiger partial charge in [0.15, 0.2) is 0 Å². The Morgan fingerprint density at radius 3 is 1.84 bits per heavy atom. The lowest BCUT2D eigenvalue weighted by Gasteiger charge is -2.21. The topological polar surface area (TPSA) is 144 Å². The van der Waals surface area contributed by atoms with Crippen LogP contribution >= 0.6 is 0 Å². The molecule has 0 spiro atoms. The van der Waals surface area contributed by atoms with Crippen molar-refractivity contribution in [1.82, 2.24) is 21.5 Å². The Bertz CT molecular complexity index is 1030. The Balaban J connectivity index is 1.79. The summed E-state index contributed by atoms with van der Waals surface area (Å²) in [6.07, 6.45) is -0.952. The van der Waals surface area contributed by atoms with Gasteiger partial charge in [-0.2, -0.15) is 0 Å². The third kappa shape index (κ3) is 13.1. The fraction of sp³-hybridized carbons (Fsp3) is 0.407. The van der Waals surface area contributed by atoms with E-state index in [-0.39, 0.29) is 19.6 Å². The standard InChI is InChI=1S/C27H36N4O7/c1-27(2,3)38-26(35)31-30-23(32)22(29-25(34)37-19-21-14-8-5-9-15-21)16-10-11-17-28-24(33)36-18-20-12-6-4-7-13-20/h4-9,12-15,22H,10-11,16-19H2,1-3H3,(H,28,33)(H,29,34)(H,30,32)(H,31,35)/t22-/m0/s1. The summed E-state index contributed by atoms with van der Waals surface area (Å²) in [5.74, 6) is -0.650. The molecule has 0 heterocycles. The molecule has 2 rings (SSSR count). The van der Waals surface area contributed by atoms with Gasteiger partial charge in [0.1, 0.15) is 24.9 Å². The van der Waals surface area contributed by atoms with E-state index in [0.29, 0.717) is 19.4 Å². The van der Waals surface area contributed by atoms with E-state index in [0.717, 1.165) is 11.1 Å². The van der Waals surface area contributed by atoms with Crippen LogP contribution in [-0.4, -0.2) is 42.4 Å². The lowest BCUT2D eigenvalue weighted by molar-refractivity contribution is -0.124. The molecule has 11 heteroatoms. The number of nitrogens with one attached hydrogen (secondary N) is 4. The maximum atomic E-state index is 12.7. The van der Waals surface area contributed by atoms with Crippen molar-refractivity contribution in [3.05, 3.63) is 71.8 Å². The summed E-state index contributed by atoms with van der Waals surface area (Å²) in [7, 11) is 0. The van der Waals surface area contributed by atoms with E-state index in [1.807, 2.05) is 48.5 Å². The van der Waals surface area contributed by atoms with Gasteiger partial charge in [-0.05, 0) is 51.2 Å². The fourth-order valence-electron chi connectivity index (χ4n) is 3.12. The Hall–Kier alpha value is -4.28. The summed E-state index contributed by atoms with van der Waals surface area (Å²) in [5.41, 5.74) is 5.34. The highest BCUT2D eigenvalue weighted by Crippen LogP contribution is 2.07. The minimum atomic E-state index is -1.00. The predicted molar refractivity (Wildman–Crippen MR) is 140 cm³/mol. The zero-order chi connectivity index (χ0) is 27.8. The average Bonchev–Trinajstić information content (AvgIpc) is 2.88. The highest BCUT2D eigenvalue weighted by molar-refractivity contribution is 5.86. The van der Waals surface area contributed by atoms with Gasteiger partial charge in [0.05, 0.1) is 0 Å². The molecule has 0 saturated heterocycles. The molecule has 4 N–H and O–H groups in total. The van der Waals surface area contributed by atoms with Crippen LogP contribution in [0.25, 0.3) is 0 Å². The molecule has 0 aliphatic rings. The van der Waals surface area contributed by atoms with E-state index in [1.165, 1.54) is 0 Å². The molecule has 2 aromatic rings. The smallest absolute Gasteiger partial charge is 0.426 e. The van der Waals surface area contributed by atoms with Crippen molar-refractivity contribution in [3.8, 4) is 0 Å². The molecule has 0 bridgehead atoms. The predicted octanol–water partition coefficient (Wildman–Crippen LogP) is 3.93. The molecule has 0 aliphatic carbocycles. The summed E-state index contributed by atoms with van der Waals surface area (Å²) in [6, 6.07) is 17.4. The zero-order valence-electron chi connectivity index (χ0n) is 22.0. The first-order chi connectivity index (χ1) is 18.1.